The first-order valence-corrected chi connectivity index (χ1v) is 6.83. The maximum absolute atomic E-state index is 5.66. The van der Waals surface area contributed by atoms with Crippen LogP contribution in [0.3, 0.4) is 0 Å². The Kier molecular flexibility index (Phi) is 2.89. The Morgan fingerprint density at radius 2 is 2.22 bits per heavy atom. The van der Waals surface area contributed by atoms with Crippen molar-refractivity contribution in [2.75, 3.05) is 0 Å². The molecule has 0 amide bonds. The van der Waals surface area contributed by atoms with E-state index in [1.54, 1.807) is 11.3 Å². The summed E-state index contributed by atoms with van der Waals surface area (Å²) in [4.78, 5) is 4.50. The van der Waals surface area contributed by atoms with Gasteiger partial charge in [-0.1, -0.05) is 6.07 Å². The molecule has 0 aliphatic heterocycles. The second-order valence-electron chi connectivity index (χ2n) is 4.40. The quantitative estimate of drug-likeness (QED) is 0.784. The van der Waals surface area contributed by atoms with E-state index in [4.69, 9.17) is 5.73 Å². The highest BCUT2D eigenvalue weighted by molar-refractivity contribution is 7.09. The molecule has 18 heavy (non-hydrogen) atoms. The van der Waals surface area contributed by atoms with Crippen molar-refractivity contribution in [1.82, 2.24) is 9.55 Å². The van der Waals surface area contributed by atoms with Crippen LogP contribution in [0.2, 0.25) is 0 Å². The third-order valence-corrected chi connectivity index (χ3v) is 3.89. The summed E-state index contributed by atoms with van der Waals surface area (Å²) in [6.07, 6.45) is 2.11. The van der Waals surface area contributed by atoms with Gasteiger partial charge in [0.2, 0.25) is 0 Å². The lowest BCUT2D eigenvalue weighted by Crippen LogP contribution is -1.99. The van der Waals surface area contributed by atoms with Crippen LogP contribution in [0.1, 0.15) is 16.3 Å². The molecule has 0 aliphatic rings. The van der Waals surface area contributed by atoms with Gasteiger partial charge in [-0.3, -0.25) is 0 Å². The lowest BCUT2D eigenvalue weighted by molar-refractivity contribution is 0.811. The molecule has 3 nitrogen and oxygen atoms in total. The minimum atomic E-state index is 0.590. The smallest absolute Gasteiger partial charge is 0.0898 e. The lowest BCUT2D eigenvalue weighted by Gasteiger charge is -2.04. The van der Waals surface area contributed by atoms with Gasteiger partial charge in [-0.2, -0.15) is 0 Å². The molecule has 0 bridgehead atoms. The zero-order chi connectivity index (χ0) is 12.5. The van der Waals surface area contributed by atoms with E-state index in [1.807, 2.05) is 6.92 Å². The highest BCUT2D eigenvalue weighted by Crippen LogP contribution is 2.19. The Labute approximate surface area is 110 Å². The molecule has 0 saturated carbocycles. The molecule has 2 aromatic heterocycles. The van der Waals surface area contributed by atoms with E-state index < -0.39 is 0 Å². The van der Waals surface area contributed by atoms with Crippen molar-refractivity contribution in [2.24, 2.45) is 5.73 Å². The fraction of sp³-hybridized carbons (Fsp3) is 0.214. The van der Waals surface area contributed by atoms with Crippen LogP contribution in [0, 0.1) is 6.92 Å². The number of benzene rings is 1. The molecule has 0 spiro atoms. The molecule has 1 aromatic carbocycles. The normalized spacial score (nSPS) is 11.2. The first-order valence-electron chi connectivity index (χ1n) is 5.95. The first-order chi connectivity index (χ1) is 8.76. The minimum absolute atomic E-state index is 0.590. The molecule has 0 saturated heterocycles. The van der Waals surface area contributed by atoms with E-state index in [9.17, 15) is 0 Å². The van der Waals surface area contributed by atoms with Gasteiger partial charge < -0.3 is 10.3 Å². The highest BCUT2D eigenvalue weighted by Gasteiger charge is 2.04. The summed E-state index contributed by atoms with van der Waals surface area (Å²) < 4.78 is 2.23. The molecule has 4 heteroatoms. The minimum Gasteiger partial charge on any atom is -0.341 e. The van der Waals surface area contributed by atoms with Crippen LogP contribution in [-0.2, 0) is 13.1 Å². The van der Waals surface area contributed by atoms with Gasteiger partial charge in [0, 0.05) is 23.6 Å². The SMILES string of the molecule is Cc1nc(Cn2ccc3cc(CN)ccc32)cs1. The molecular formula is C14H15N3S. The van der Waals surface area contributed by atoms with Crippen LogP contribution in [0.5, 0.6) is 0 Å². The standard InChI is InChI=1S/C14H15N3S/c1-10-16-13(9-18-10)8-17-5-4-12-6-11(7-15)2-3-14(12)17/h2-6,9H,7-8,15H2,1H3. The summed E-state index contributed by atoms with van der Waals surface area (Å²) in [6.45, 7) is 3.46. The Hall–Kier alpha value is -1.65. The largest absolute Gasteiger partial charge is 0.341 e. The second kappa shape index (κ2) is 4.55. The van der Waals surface area contributed by atoms with E-state index in [1.165, 1.54) is 16.5 Å². The molecule has 3 rings (SSSR count). The van der Waals surface area contributed by atoms with Crippen molar-refractivity contribution in [3.63, 3.8) is 0 Å². The molecule has 92 valence electrons. The number of hydrogen-bond donors (Lipinski definition) is 1. The fourth-order valence-electron chi connectivity index (χ4n) is 2.17. The summed E-state index contributed by atoms with van der Waals surface area (Å²) in [5.74, 6) is 0. The van der Waals surface area contributed by atoms with Gasteiger partial charge in [-0.25, -0.2) is 4.98 Å². The Bertz CT molecular complexity index is 681. The number of fused-ring (bicyclic) bond motifs is 1. The average molecular weight is 257 g/mol. The average Bonchev–Trinajstić information content (AvgIpc) is 2.96. The molecule has 0 fully saturated rings. The maximum Gasteiger partial charge on any atom is 0.0898 e. The predicted octanol–water partition coefficient (Wildman–Crippen LogP) is 2.91. The zero-order valence-corrected chi connectivity index (χ0v) is 11.1. The number of aromatic nitrogens is 2. The van der Waals surface area contributed by atoms with Gasteiger partial charge in [0.05, 0.1) is 17.2 Å². The molecule has 0 atom stereocenters. The summed E-state index contributed by atoms with van der Waals surface area (Å²) in [6, 6.07) is 8.51. The number of nitrogens with zero attached hydrogens (tertiary/aromatic N) is 2. The van der Waals surface area contributed by atoms with Crippen molar-refractivity contribution in [3.8, 4) is 0 Å². The molecule has 2 heterocycles. The third kappa shape index (κ3) is 2.05. The van der Waals surface area contributed by atoms with Gasteiger partial charge in [-0.05, 0) is 36.1 Å². The Morgan fingerprint density at radius 1 is 1.33 bits per heavy atom. The predicted molar refractivity (Wildman–Crippen MR) is 75.8 cm³/mol. The zero-order valence-electron chi connectivity index (χ0n) is 10.3. The van der Waals surface area contributed by atoms with Gasteiger partial charge >= 0.3 is 0 Å². The van der Waals surface area contributed by atoms with Crippen molar-refractivity contribution in [1.29, 1.82) is 0 Å². The number of aryl methyl sites for hydroxylation is 1. The van der Waals surface area contributed by atoms with Gasteiger partial charge in [-0.15, -0.1) is 11.3 Å². The topological polar surface area (TPSA) is 43.8 Å². The van der Waals surface area contributed by atoms with Crippen LogP contribution in [-0.4, -0.2) is 9.55 Å². The number of hydrogen-bond acceptors (Lipinski definition) is 3. The molecular weight excluding hydrogens is 242 g/mol. The van der Waals surface area contributed by atoms with E-state index >= 15 is 0 Å². The summed E-state index contributed by atoms with van der Waals surface area (Å²) in [5, 5.41) is 4.48. The number of thiazole rings is 1. The first kappa shape index (κ1) is 11.4. The summed E-state index contributed by atoms with van der Waals surface area (Å²) >= 11 is 1.70. The van der Waals surface area contributed by atoms with Gasteiger partial charge in [0.25, 0.3) is 0 Å². The van der Waals surface area contributed by atoms with Crippen molar-refractivity contribution < 1.29 is 0 Å². The van der Waals surface area contributed by atoms with Crippen LogP contribution in [0.25, 0.3) is 10.9 Å². The van der Waals surface area contributed by atoms with E-state index in [0.29, 0.717) is 6.54 Å². The molecule has 0 aliphatic carbocycles. The number of nitrogens with two attached hydrogens (primary N) is 1. The molecule has 3 aromatic rings. The van der Waals surface area contributed by atoms with Crippen LogP contribution < -0.4 is 5.73 Å². The van der Waals surface area contributed by atoms with E-state index in [2.05, 4.69) is 45.4 Å². The van der Waals surface area contributed by atoms with Crippen molar-refractivity contribution in [3.05, 3.63) is 52.1 Å². The molecule has 0 radical (unpaired) electrons. The highest BCUT2D eigenvalue weighted by atomic mass is 32.1. The Morgan fingerprint density at radius 3 is 2.94 bits per heavy atom. The second-order valence-corrected chi connectivity index (χ2v) is 5.46. The van der Waals surface area contributed by atoms with Crippen LogP contribution in [0.4, 0.5) is 0 Å². The van der Waals surface area contributed by atoms with Crippen molar-refractivity contribution >= 4 is 22.2 Å². The molecule has 2 N–H and O–H groups in total. The summed E-state index contributed by atoms with van der Waals surface area (Å²) in [7, 11) is 0. The van der Waals surface area contributed by atoms with Crippen LogP contribution in [0.15, 0.2) is 35.8 Å². The van der Waals surface area contributed by atoms with Gasteiger partial charge in [0.15, 0.2) is 0 Å². The number of rotatable bonds is 3. The summed E-state index contributed by atoms with van der Waals surface area (Å²) in [5.41, 5.74) is 9.19. The monoisotopic (exact) mass is 257 g/mol. The molecule has 0 unspecified atom stereocenters. The fourth-order valence-corrected chi connectivity index (χ4v) is 2.77. The Balaban J connectivity index is 1.97. The van der Waals surface area contributed by atoms with Gasteiger partial charge in [0.1, 0.15) is 0 Å². The maximum atomic E-state index is 5.66. The van der Waals surface area contributed by atoms with E-state index in [0.717, 1.165) is 17.2 Å². The lowest BCUT2D eigenvalue weighted by atomic mass is 10.1. The van der Waals surface area contributed by atoms with Crippen molar-refractivity contribution in [2.45, 2.75) is 20.0 Å². The third-order valence-electron chi connectivity index (χ3n) is 3.07. The van der Waals surface area contributed by atoms with E-state index in [-0.39, 0.29) is 0 Å². The van der Waals surface area contributed by atoms with Crippen LogP contribution >= 0.6 is 11.3 Å².